The molecule has 0 unspecified atom stereocenters. The molecular weight excluding hydrogens is 326 g/mol. The van der Waals surface area contributed by atoms with E-state index < -0.39 is 0 Å². The van der Waals surface area contributed by atoms with Crippen LogP contribution in [0.4, 0.5) is 0 Å². The standard InChI is InChI=1S/C18H22ClN3S/c1-10-11(2)23-18-16(10)17(13-4-6-14(19)7-5-13)21-9-15-8-20-12(3)22(15)18/h8,13-14H,4-7,9H2,1-3H3. The van der Waals surface area contributed by atoms with Gasteiger partial charge in [-0.2, -0.15) is 0 Å². The minimum absolute atomic E-state index is 0.350. The summed E-state index contributed by atoms with van der Waals surface area (Å²) in [6, 6.07) is 0. The highest BCUT2D eigenvalue weighted by molar-refractivity contribution is 7.15. The van der Waals surface area contributed by atoms with Crippen molar-refractivity contribution in [1.29, 1.82) is 0 Å². The number of nitrogens with zero attached hydrogens (tertiary/aromatic N) is 3. The summed E-state index contributed by atoms with van der Waals surface area (Å²) in [6.07, 6.45) is 6.51. The highest BCUT2D eigenvalue weighted by atomic mass is 35.5. The van der Waals surface area contributed by atoms with Crippen LogP contribution in [0, 0.1) is 26.7 Å². The Morgan fingerprint density at radius 1 is 1.17 bits per heavy atom. The zero-order valence-corrected chi connectivity index (χ0v) is 15.5. The van der Waals surface area contributed by atoms with E-state index in [0.717, 1.165) is 38.1 Å². The van der Waals surface area contributed by atoms with Gasteiger partial charge in [0.25, 0.3) is 0 Å². The Kier molecular flexibility index (Phi) is 3.85. The molecule has 1 aliphatic heterocycles. The molecule has 3 heterocycles. The Hall–Kier alpha value is -1.13. The van der Waals surface area contributed by atoms with Crippen LogP contribution >= 0.6 is 22.9 Å². The largest absolute Gasteiger partial charge is 0.290 e. The van der Waals surface area contributed by atoms with E-state index in [0.29, 0.717) is 11.3 Å². The predicted octanol–water partition coefficient (Wildman–Crippen LogP) is 4.96. The molecule has 5 heteroatoms. The molecule has 1 fully saturated rings. The van der Waals surface area contributed by atoms with Gasteiger partial charge in [-0.25, -0.2) is 4.98 Å². The first-order valence-electron chi connectivity index (χ1n) is 8.38. The minimum Gasteiger partial charge on any atom is -0.290 e. The number of hydrogen-bond donors (Lipinski definition) is 0. The molecule has 0 aromatic carbocycles. The van der Waals surface area contributed by atoms with Gasteiger partial charge >= 0.3 is 0 Å². The van der Waals surface area contributed by atoms with E-state index in [4.69, 9.17) is 16.6 Å². The van der Waals surface area contributed by atoms with Crippen LogP contribution in [0.5, 0.6) is 0 Å². The first kappa shape index (κ1) is 15.4. The van der Waals surface area contributed by atoms with Crippen molar-refractivity contribution >= 4 is 28.6 Å². The summed E-state index contributed by atoms with van der Waals surface area (Å²) in [5.74, 6) is 1.61. The number of aryl methyl sites for hydroxylation is 2. The van der Waals surface area contributed by atoms with Gasteiger partial charge in [-0.3, -0.25) is 9.56 Å². The molecule has 0 spiro atoms. The molecule has 0 atom stereocenters. The van der Waals surface area contributed by atoms with Gasteiger partial charge in [0.2, 0.25) is 0 Å². The normalized spacial score (nSPS) is 23.9. The Morgan fingerprint density at radius 2 is 1.91 bits per heavy atom. The Bertz CT molecular complexity index is 779. The maximum absolute atomic E-state index is 6.31. The fraction of sp³-hybridized carbons (Fsp3) is 0.556. The smallest absolute Gasteiger partial charge is 0.110 e. The number of imidazole rings is 1. The molecular formula is C18H22ClN3S. The second kappa shape index (κ2) is 5.75. The topological polar surface area (TPSA) is 30.2 Å². The summed E-state index contributed by atoms with van der Waals surface area (Å²) in [7, 11) is 0. The van der Waals surface area contributed by atoms with Crippen LogP contribution in [-0.4, -0.2) is 20.6 Å². The summed E-state index contributed by atoms with van der Waals surface area (Å²) in [5.41, 5.74) is 5.27. The molecule has 0 N–H and O–H groups in total. The lowest BCUT2D eigenvalue weighted by atomic mass is 9.82. The van der Waals surface area contributed by atoms with Gasteiger partial charge in [-0.1, -0.05) is 0 Å². The number of hydrogen-bond acceptors (Lipinski definition) is 3. The van der Waals surface area contributed by atoms with Crippen molar-refractivity contribution in [3.05, 3.63) is 33.7 Å². The maximum Gasteiger partial charge on any atom is 0.110 e. The fourth-order valence-corrected chi connectivity index (χ4v) is 5.35. The molecule has 1 saturated carbocycles. The van der Waals surface area contributed by atoms with Crippen molar-refractivity contribution in [2.45, 2.75) is 58.4 Å². The third kappa shape index (κ3) is 2.47. The number of halogens is 1. The highest BCUT2D eigenvalue weighted by Gasteiger charge is 2.31. The van der Waals surface area contributed by atoms with E-state index in [1.54, 1.807) is 0 Å². The number of aromatic nitrogens is 2. The number of thiophene rings is 1. The third-order valence-corrected chi connectivity index (χ3v) is 6.92. The maximum atomic E-state index is 6.31. The summed E-state index contributed by atoms with van der Waals surface area (Å²) in [6.45, 7) is 7.27. The molecule has 4 rings (SSSR count). The highest BCUT2D eigenvalue weighted by Crippen LogP contribution is 2.39. The first-order chi connectivity index (χ1) is 11.1. The van der Waals surface area contributed by atoms with Crippen LogP contribution in [0.15, 0.2) is 11.2 Å². The van der Waals surface area contributed by atoms with E-state index in [1.165, 1.54) is 32.4 Å². The predicted molar refractivity (Wildman–Crippen MR) is 97.5 cm³/mol. The van der Waals surface area contributed by atoms with Gasteiger partial charge < -0.3 is 0 Å². The van der Waals surface area contributed by atoms with Gasteiger partial charge in [-0.05, 0) is 52.0 Å². The quantitative estimate of drug-likeness (QED) is 0.670. The van der Waals surface area contributed by atoms with Crippen molar-refractivity contribution in [2.24, 2.45) is 10.9 Å². The van der Waals surface area contributed by atoms with Gasteiger partial charge in [0.15, 0.2) is 0 Å². The molecule has 1 aliphatic carbocycles. The number of aliphatic imine (C=N–C) groups is 1. The fourth-order valence-electron chi connectivity index (χ4n) is 3.85. The molecule has 0 radical (unpaired) electrons. The minimum atomic E-state index is 0.350. The summed E-state index contributed by atoms with van der Waals surface area (Å²) in [5, 5.41) is 1.66. The number of fused-ring (bicyclic) bond motifs is 3. The van der Waals surface area contributed by atoms with Crippen molar-refractivity contribution in [2.75, 3.05) is 0 Å². The van der Waals surface area contributed by atoms with E-state index in [-0.39, 0.29) is 0 Å². The van der Waals surface area contributed by atoms with Crippen LogP contribution in [0.3, 0.4) is 0 Å². The zero-order valence-electron chi connectivity index (χ0n) is 13.9. The molecule has 0 saturated heterocycles. The van der Waals surface area contributed by atoms with Crippen molar-refractivity contribution < 1.29 is 0 Å². The lowest BCUT2D eigenvalue weighted by molar-refractivity contribution is 0.444. The second-order valence-corrected chi connectivity index (χ2v) is 8.57. The lowest BCUT2D eigenvalue weighted by Gasteiger charge is -2.26. The van der Waals surface area contributed by atoms with Crippen LogP contribution in [0.2, 0.25) is 0 Å². The van der Waals surface area contributed by atoms with E-state index >= 15 is 0 Å². The number of alkyl halides is 1. The SMILES string of the molecule is Cc1sc2c(c1C)C(C1CCC(Cl)CC1)=NCc1cnc(C)n1-2. The molecule has 23 heavy (non-hydrogen) atoms. The first-order valence-corrected chi connectivity index (χ1v) is 9.64. The van der Waals surface area contributed by atoms with Crippen LogP contribution in [0.25, 0.3) is 5.00 Å². The molecule has 0 bridgehead atoms. The third-order valence-electron chi connectivity index (χ3n) is 5.29. The van der Waals surface area contributed by atoms with Crippen molar-refractivity contribution in [3.8, 4) is 5.00 Å². The summed E-state index contributed by atoms with van der Waals surface area (Å²) >= 11 is 8.19. The van der Waals surface area contributed by atoms with E-state index in [9.17, 15) is 0 Å². The lowest BCUT2D eigenvalue weighted by Crippen LogP contribution is -2.23. The van der Waals surface area contributed by atoms with Gasteiger partial charge in [0.05, 0.1) is 18.4 Å². The van der Waals surface area contributed by atoms with Crippen molar-refractivity contribution in [3.63, 3.8) is 0 Å². The van der Waals surface area contributed by atoms with Crippen LogP contribution in [0.1, 0.15) is 53.2 Å². The molecule has 122 valence electrons. The van der Waals surface area contributed by atoms with Gasteiger partial charge in [-0.15, -0.1) is 22.9 Å². The second-order valence-electron chi connectivity index (χ2n) is 6.75. The average molecular weight is 348 g/mol. The van der Waals surface area contributed by atoms with Crippen LogP contribution < -0.4 is 0 Å². The van der Waals surface area contributed by atoms with E-state index in [2.05, 4.69) is 30.3 Å². The van der Waals surface area contributed by atoms with Crippen molar-refractivity contribution in [1.82, 2.24) is 9.55 Å². The van der Waals surface area contributed by atoms with Gasteiger partial charge in [0, 0.05) is 27.4 Å². The molecule has 2 aliphatic rings. The Labute approximate surface area is 146 Å². The van der Waals surface area contributed by atoms with Gasteiger partial charge in [0.1, 0.15) is 10.8 Å². The Morgan fingerprint density at radius 3 is 2.65 bits per heavy atom. The zero-order chi connectivity index (χ0) is 16.1. The summed E-state index contributed by atoms with van der Waals surface area (Å²) < 4.78 is 2.31. The average Bonchev–Trinajstić information content (AvgIpc) is 2.97. The molecule has 0 amide bonds. The number of rotatable bonds is 1. The van der Waals surface area contributed by atoms with E-state index in [1.807, 2.05) is 17.5 Å². The van der Waals surface area contributed by atoms with Crippen LogP contribution in [-0.2, 0) is 6.54 Å². The summed E-state index contributed by atoms with van der Waals surface area (Å²) in [4.78, 5) is 11.0. The monoisotopic (exact) mass is 347 g/mol. The molecule has 2 aromatic rings. The Balaban J connectivity index is 1.85. The molecule has 2 aromatic heterocycles. The molecule has 3 nitrogen and oxygen atoms in total.